The third-order valence-corrected chi connectivity index (χ3v) is 3.28. The molecule has 1 N–H and O–H groups in total. The smallest absolute Gasteiger partial charge is 0.120 e. The minimum atomic E-state index is 0.671. The normalized spacial score (nSPS) is 12.1. The summed E-state index contributed by atoms with van der Waals surface area (Å²) in [6.45, 7) is 11.6. The first-order chi connectivity index (χ1) is 9.42. The molecule has 4 nitrogen and oxygen atoms in total. The number of nitrogens with zero attached hydrogens (tertiary/aromatic N) is 2. The molecule has 0 saturated carbocycles. The highest BCUT2D eigenvalue weighted by Gasteiger charge is 2.13. The molecule has 0 saturated heterocycles. The number of furan rings is 1. The molecule has 1 rings (SSSR count). The van der Waals surface area contributed by atoms with Gasteiger partial charge in [-0.05, 0) is 45.6 Å². The maximum atomic E-state index is 5.96. The summed E-state index contributed by atoms with van der Waals surface area (Å²) in [6, 6.07) is 2.18. The lowest BCUT2D eigenvalue weighted by Gasteiger charge is -2.24. The van der Waals surface area contributed by atoms with E-state index in [0.717, 1.165) is 44.2 Å². The molecule has 0 aliphatic heterocycles. The minimum absolute atomic E-state index is 0.671. The Hall–Kier alpha value is -0.840. The van der Waals surface area contributed by atoms with Crippen LogP contribution in [0.4, 0.5) is 0 Å². The summed E-state index contributed by atoms with van der Waals surface area (Å²) < 4.78 is 5.96. The standard InChI is InChI=1S/C16H31N3O/c1-13(2)11-19(8-7-18(5)6)12-15-9-14(3)16(20-15)10-17-4/h9,13,17H,7-8,10-12H2,1-6H3. The van der Waals surface area contributed by atoms with Gasteiger partial charge in [0.25, 0.3) is 0 Å². The Bertz CT molecular complexity index is 385. The lowest BCUT2D eigenvalue weighted by Crippen LogP contribution is -2.33. The van der Waals surface area contributed by atoms with E-state index in [2.05, 4.69) is 56.0 Å². The van der Waals surface area contributed by atoms with Crippen LogP contribution >= 0.6 is 0 Å². The molecule has 4 heteroatoms. The van der Waals surface area contributed by atoms with Crippen molar-refractivity contribution in [3.63, 3.8) is 0 Å². The summed E-state index contributed by atoms with van der Waals surface area (Å²) in [5, 5.41) is 3.15. The first-order valence-electron chi connectivity index (χ1n) is 7.52. The van der Waals surface area contributed by atoms with Gasteiger partial charge in [-0.25, -0.2) is 0 Å². The molecule has 0 spiro atoms. The van der Waals surface area contributed by atoms with Gasteiger partial charge in [0.1, 0.15) is 11.5 Å². The summed E-state index contributed by atoms with van der Waals surface area (Å²) in [5.41, 5.74) is 1.24. The van der Waals surface area contributed by atoms with Gasteiger partial charge < -0.3 is 14.6 Å². The van der Waals surface area contributed by atoms with Gasteiger partial charge in [-0.3, -0.25) is 4.90 Å². The van der Waals surface area contributed by atoms with E-state index in [1.54, 1.807) is 0 Å². The highest BCUT2D eigenvalue weighted by atomic mass is 16.3. The van der Waals surface area contributed by atoms with E-state index in [-0.39, 0.29) is 0 Å². The van der Waals surface area contributed by atoms with Crippen LogP contribution in [0.2, 0.25) is 0 Å². The van der Waals surface area contributed by atoms with Crippen LogP contribution < -0.4 is 5.32 Å². The number of rotatable bonds is 9. The van der Waals surface area contributed by atoms with Crippen LogP contribution in [-0.2, 0) is 13.1 Å². The van der Waals surface area contributed by atoms with E-state index in [0.29, 0.717) is 5.92 Å². The van der Waals surface area contributed by atoms with Crippen LogP contribution in [-0.4, -0.2) is 50.6 Å². The van der Waals surface area contributed by atoms with Crippen molar-refractivity contribution in [1.82, 2.24) is 15.1 Å². The van der Waals surface area contributed by atoms with Crippen LogP contribution in [0, 0.1) is 12.8 Å². The fourth-order valence-electron chi connectivity index (χ4n) is 2.32. The predicted molar refractivity (Wildman–Crippen MR) is 84.9 cm³/mol. The van der Waals surface area contributed by atoms with E-state index in [4.69, 9.17) is 4.42 Å². The van der Waals surface area contributed by atoms with Crippen molar-refractivity contribution in [3.8, 4) is 0 Å². The fraction of sp³-hybridized carbons (Fsp3) is 0.750. The topological polar surface area (TPSA) is 31.7 Å². The number of nitrogens with one attached hydrogen (secondary N) is 1. The van der Waals surface area contributed by atoms with Gasteiger partial charge in [-0.1, -0.05) is 13.8 Å². The Balaban J connectivity index is 2.65. The number of hydrogen-bond donors (Lipinski definition) is 1. The molecule has 0 aliphatic rings. The molecule has 0 aliphatic carbocycles. The summed E-state index contributed by atoms with van der Waals surface area (Å²) in [4.78, 5) is 4.71. The third kappa shape index (κ3) is 6.07. The molecule has 20 heavy (non-hydrogen) atoms. The SMILES string of the molecule is CNCc1oc(CN(CCN(C)C)CC(C)C)cc1C. The number of hydrogen-bond acceptors (Lipinski definition) is 4. The molecule has 116 valence electrons. The van der Waals surface area contributed by atoms with Gasteiger partial charge in [-0.15, -0.1) is 0 Å². The molecule has 1 aromatic heterocycles. The second-order valence-corrected chi connectivity index (χ2v) is 6.28. The minimum Gasteiger partial charge on any atom is -0.463 e. The average molecular weight is 281 g/mol. The van der Waals surface area contributed by atoms with E-state index >= 15 is 0 Å². The van der Waals surface area contributed by atoms with Crippen LogP contribution in [0.1, 0.15) is 30.9 Å². The van der Waals surface area contributed by atoms with Gasteiger partial charge >= 0.3 is 0 Å². The van der Waals surface area contributed by atoms with Crippen LogP contribution in [0.25, 0.3) is 0 Å². The van der Waals surface area contributed by atoms with Gasteiger partial charge in [0.15, 0.2) is 0 Å². The first kappa shape index (κ1) is 17.2. The summed E-state index contributed by atoms with van der Waals surface area (Å²) >= 11 is 0. The highest BCUT2D eigenvalue weighted by molar-refractivity contribution is 5.20. The second kappa shape index (κ2) is 8.45. The van der Waals surface area contributed by atoms with Crippen molar-refractivity contribution < 1.29 is 4.42 Å². The molecule has 0 radical (unpaired) electrons. The Morgan fingerprint density at radius 2 is 1.95 bits per heavy atom. The Kier molecular flexibility index (Phi) is 7.27. The largest absolute Gasteiger partial charge is 0.463 e. The van der Waals surface area contributed by atoms with E-state index in [9.17, 15) is 0 Å². The molecule has 1 aromatic rings. The van der Waals surface area contributed by atoms with Crippen molar-refractivity contribution >= 4 is 0 Å². The number of aryl methyl sites for hydroxylation is 1. The molecule has 0 aromatic carbocycles. The van der Waals surface area contributed by atoms with Crippen molar-refractivity contribution in [1.29, 1.82) is 0 Å². The summed E-state index contributed by atoms with van der Waals surface area (Å²) in [6.07, 6.45) is 0. The van der Waals surface area contributed by atoms with Gasteiger partial charge in [-0.2, -0.15) is 0 Å². The van der Waals surface area contributed by atoms with Crippen LogP contribution in [0.5, 0.6) is 0 Å². The van der Waals surface area contributed by atoms with E-state index in [1.165, 1.54) is 5.56 Å². The Morgan fingerprint density at radius 3 is 2.50 bits per heavy atom. The van der Waals surface area contributed by atoms with Crippen molar-refractivity contribution in [2.24, 2.45) is 5.92 Å². The van der Waals surface area contributed by atoms with Gasteiger partial charge in [0.2, 0.25) is 0 Å². The quantitative estimate of drug-likeness (QED) is 0.753. The zero-order valence-corrected chi connectivity index (χ0v) is 14.0. The van der Waals surface area contributed by atoms with E-state index in [1.807, 2.05) is 7.05 Å². The summed E-state index contributed by atoms with van der Waals surface area (Å²) in [5.74, 6) is 2.80. The van der Waals surface area contributed by atoms with Crippen LogP contribution in [0.15, 0.2) is 10.5 Å². The molecule has 0 unspecified atom stereocenters. The van der Waals surface area contributed by atoms with Crippen molar-refractivity contribution in [2.75, 3.05) is 40.8 Å². The molecule has 0 bridgehead atoms. The van der Waals surface area contributed by atoms with E-state index < -0.39 is 0 Å². The molecule has 1 heterocycles. The molecular formula is C16H31N3O. The highest BCUT2D eigenvalue weighted by Crippen LogP contribution is 2.16. The zero-order valence-electron chi connectivity index (χ0n) is 14.0. The Morgan fingerprint density at radius 1 is 1.25 bits per heavy atom. The van der Waals surface area contributed by atoms with Gasteiger partial charge in [0, 0.05) is 19.6 Å². The van der Waals surface area contributed by atoms with Crippen molar-refractivity contribution in [2.45, 2.75) is 33.9 Å². The summed E-state index contributed by atoms with van der Waals surface area (Å²) in [7, 11) is 6.19. The molecule has 0 amide bonds. The maximum Gasteiger partial charge on any atom is 0.120 e. The lowest BCUT2D eigenvalue weighted by molar-refractivity contribution is 0.196. The lowest BCUT2D eigenvalue weighted by atomic mass is 10.2. The fourth-order valence-corrected chi connectivity index (χ4v) is 2.32. The third-order valence-electron chi connectivity index (χ3n) is 3.28. The number of likely N-dealkylation sites (N-methyl/N-ethyl adjacent to an activating group) is 1. The monoisotopic (exact) mass is 281 g/mol. The van der Waals surface area contributed by atoms with Crippen molar-refractivity contribution in [3.05, 3.63) is 23.2 Å². The predicted octanol–water partition coefficient (Wildman–Crippen LogP) is 2.33. The molecule has 0 atom stereocenters. The maximum absolute atomic E-state index is 5.96. The van der Waals surface area contributed by atoms with Crippen LogP contribution in [0.3, 0.4) is 0 Å². The second-order valence-electron chi connectivity index (χ2n) is 6.28. The Labute approximate surface area is 124 Å². The zero-order chi connectivity index (χ0) is 15.1. The molecule has 0 fully saturated rings. The first-order valence-corrected chi connectivity index (χ1v) is 7.52. The molecular weight excluding hydrogens is 250 g/mol. The van der Waals surface area contributed by atoms with Gasteiger partial charge in [0.05, 0.1) is 13.1 Å². The average Bonchev–Trinajstić information content (AvgIpc) is 2.66.